The topological polar surface area (TPSA) is 12.9 Å². The number of rotatable bonds is 6. The first kappa shape index (κ1) is 13.3. The maximum absolute atomic E-state index is 6.02. The van der Waals surface area contributed by atoms with E-state index in [4.69, 9.17) is 23.2 Å². The lowest BCUT2D eigenvalue weighted by molar-refractivity contribution is 0.671. The Morgan fingerprint density at radius 2 is 1.60 bits per heavy atom. The van der Waals surface area contributed by atoms with Crippen molar-refractivity contribution in [1.29, 1.82) is 0 Å². The third kappa shape index (κ3) is 4.71. The van der Waals surface area contributed by atoms with E-state index in [0.29, 0.717) is 10.0 Å². The summed E-state index contributed by atoms with van der Waals surface area (Å²) in [6, 6.07) is 0. The number of hydrogen-bond acceptors (Lipinski definition) is 1. The molecule has 0 aliphatic carbocycles. The van der Waals surface area contributed by atoms with Crippen LogP contribution < -0.4 is 0 Å². The van der Waals surface area contributed by atoms with E-state index in [1.807, 2.05) is 0 Å². The molecule has 0 saturated heterocycles. The first-order chi connectivity index (χ1) is 7.25. The standard InChI is InChI=1S/C11H14BrCl2N/c12-6-4-2-1-3-5-9-10(13)7-15-8-11(9)14/h7-8H,1-6H2. The van der Waals surface area contributed by atoms with Gasteiger partial charge in [-0.05, 0) is 24.8 Å². The molecule has 1 nitrogen and oxygen atoms in total. The van der Waals surface area contributed by atoms with Gasteiger partial charge in [0.25, 0.3) is 0 Å². The second-order valence-electron chi connectivity index (χ2n) is 3.43. The average molecular weight is 311 g/mol. The number of halogens is 3. The Hall–Kier alpha value is 0.210. The monoisotopic (exact) mass is 309 g/mol. The third-order valence-electron chi connectivity index (χ3n) is 2.26. The molecule has 0 fully saturated rings. The molecule has 15 heavy (non-hydrogen) atoms. The largest absolute Gasteiger partial charge is 0.262 e. The Labute approximate surface area is 109 Å². The summed E-state index contributed by atoms with van der Waals surface area (Å²) in [5.41, 5.74) is 1.03. The molecule has 1 rings (SSSR count). The molecule has 0 spiro atoms. The van der Waals surface area contributed by atoms with E-state index in [1.54, 1.807) is 12.4 Å². The van der Waals surface area contributed by atoms with Crippen LogP contribution in [0.25, 0.3) is 0 Å². The predicted octanol–water partition coefficient (Wildman–Crippen LogP) is 4.89. The molecule has 0 radical (unpaired) electrons. The quantitative estimate of drug-likeness (QED) is 0.538. The number of aromatic nitrogens is 1. The van der Waals surface area contributed by atoms with E-state index < -0.39 is 0 Å². The maximum atomic E-state index is 6.02. The minimum absolute atomic E-state index is 0.683. The molecule has 0 aliphatic rings. The zero-order chi connectivity index (χ0) is 11.1. The van der Waals surface area contributed by atoms with E-state index in [9.17, 15) is 0 Å². The summed E-state index contributed by atoms with van der Waals surface area (Å²) in [7, 11) is 0. The van der Waals surface area contributed by atoms with Gasteiger partial charge in [0.2, 0.25) is 0 Å². The minimum atomic E-state index is 0.683. The molecule has 0 aromatic carbocycles. The Morgan fingerprint density at radius 3 is 2.20 bits per heavy atom. The van der Waals surface area contributed by atoms with Crippen molar-refractivity contribution in [2.45, 2.75) is 32.1 Å². The predicted molar refractivity (Wildman–Crippen MR) is 70.2 cm³/mol. The van der Waals surface area contributed by atoms with Gasteiger partial charge in [0.1, 0.15) is 0 Å². The number of unbranched alkanes of at least 4 members (excludes halogenated alkanes) is 3. The van der Waals surface area contributed by atoms with E-state index in [1.165, 1.54) is 19.3 Å². The summed E-state index contributed by atoms with van der Waals surface area (Å²) in [5.74, 6) is 0. The van der Waals surface area contributed by atoms with Crippen molar-refractivity contribution < 1.29 is 0 Å². The lowest BCUT2D eigenvalue weighted by atomic mass is 10.1. The van der Waals surface area contributed by atoms with Crippen molar-refractivity contribution in [1.82, 2.24) is 4.98 Å². The van der Waals surface area contributed by atoms with Gasteiger partial charge in [-0.15, -0.1) is 0 Å². The van der Waals surface area contributed by atoms with Gasteiger partial charge in [-0.1, -0.05) is 52.0 Å². The molecular weight excluding hydrogens is 297 g/mol. The highest BCUT2D eigenvalue weighted by Crippen LogP contribution is 2.24. The van der Waals surface area contributed by atoms with Gasteiger partial charge in [-0.3, -0.25) is 4.98 Å². The van der Waals surface area contributed by atoms with Crippen LogP contribution in [0.5, 0.6) is 0 Å². The van der Waals surface area contributed by atoms with E-state index in [0.717, 1.165) is 23.7 Å². The van der Waals surface area contributed by atoms with Gasteiger partial charge < -0.3 is 0 Å². The zero-order valence-electron chi connectivity index (χ0n) is 8.48. The van der Waals surface area contributed by atoms with Crippen LogP contribution in [0, 0.1) is 0 Å². The number of pyridine rings is 1. The van der Waals surface area contributed by atoms with E-state index in [-0.39, 0.29) is 0 Å². The first-order valence-electron chi connectivity index (χ1n) is 5.09. The molecule has 0 N–H and O–H groups in total. The summed E-state index contributed by atoms with van der Waals surface area (Å²) >= 11 is 15.4. The van der Waals surface area contributed by atoms with E-state index in [2.05, 4.69) is 20.9 Å². The molecular formula is C11H14BrCl2N. The summed E-state index contributed by atoms with van der Waals surface area (Å²) in [4.78, 5) is 3.93. The van der Waals surface area contributed by atoms with Crippen molar-refractivity contribution in [3.8, 4) is 0 Å². The number of nitrogens with zero attached hydrogens (tertiary/aromatic N) is 1. The number of alkyl halides is 1. The van der Waals surface area contributed by atoms with Gasteiger partial charge in [-0.2, -0.15) is 0 Å². The summed E-state index contributed by atoms with van der Waals surface area (Å²) in [5, 5.41) is 2.45. The Kier molecular flexibility index (Phi) is 6.62. The fourth-order valence-electron chi connectivity index (χ4n) is 1.43. The fourth-order valence-corrected chi connectivity index (χ4v) is 2.38. The van der Waals surface area contributed by atoms with E-state index >= 15 is 0 Å². The van der Waals surface area contributed by atoms with Crippen molar-refractivity contribution in [2.75, 3.05) is 5.33 Å². The highest BCUT2D eigenvalue weighted by Gasteiger charge is 2.05. The second kappa shape index (κ2) is 7.48. The average Bonchev–Trinajstić information content (AvgIpc) is 2.21. The molecule has 4 heteroatoms. The van der Waals surface area contributed by atoms with Crippen molar-refractivity contribution >= 4 is 39.1 Å². The highest BCUT2D eigenvalue weighted by atomic mass is 79.9. The highest BCUT2D eigenvalue weighted by molar-refractivity contribution is 9.09. The lowest BCUT2D eigenvalue weighted by Crippen LogP contribution is -1.90. The normalized spacial score (nSPS) is 10.6. The molecule has 0 unspecified atom stereocenters. The molecule has 0 aliphatic heterocycles. The molecule has 0 atom stereocenters. The summed E-state index contributed by atoms with van der Waals surface area (Å²) < 4.78 is 0. The minimum Gasteiger partial charge on any atom is -0.262 e. The van der Waals surface area contributed by atoms with Gasteiger partial charge in [-0.25, -0.2) is 0 Å². The fraction of sp³-hybridized carbons (Fsp3) is 0.545. The Balaban J connectivity index is 2.37. The summed E-state index contributed by atoms with van der Waals surface area (Å²) in [6.45, 7) is 0. The lowest BCUT2D eigenvalue weighted by Gasteiger charge is -2.05. The van der Waals surface area contributed by atoms with Crippen LogP contribution in [0.2, 0.25) is 10.0 Å². The third-order valence-corrected chi connectivity index (χ3v) is 3.47. The smallest absolute Gasteiger partial charge is 0.0636 e. The van der Waals surface area contributed by atoms with Crippen LogP contribution in [-0.4, -0.2) is 10.3 Å². The number of hydrogen-bond donors (Lipinski definition) is 0. The van der Waals surface area contributed by atoms with Gasteiger partial charge >= 0.3 is 0 Å². The molecule has 84 valence electrons. The van der Waals surface area contributed by atoms with Crippen molar-refractivity contribution in [3.05, 3.63) is 28.0 Å². The van der Waals surface area contributed by atoms with Crippen LogP contribution >= 0.6 is 39.1 Å². The van der Waals surface area contributed by atoms with Gasteiger partial charge in [0.05, 0.1) is 10.0 Å². The van der Waals surface area contributed by atoms with Gasteiger partial charge in [0.15, 0.2) is 0 Å². The van der Waals surface area contributed by atoms with Crippen LogP contribution in [-0.2, 0) is 6.42 Å². The first-order valence-corrected chi connectivity index (χ1v) is 6.97. The SMILES string of the molecule is Clc1cncc(Cl)c1CCCCCCBr. The van der Waals surface area contributed by atoms with Crippen molar-refractivity contribution in [3.63, 3.8) is 0 Å². The van der Waals surface area contributed by atoms with Crippen LogP contribution in [0.1, 0.15) is 31.2 Å². The molecule has 1 aromatic rings. The molecule has 0 amide bonds. The Bertz CT molecular complexity index is 284. The molecule has 0 bridgehead atoms. The zero-order valence-corrected chi connectivity index (χ0v) is 11.6. The second-order valence-corrected chi connectivity index (χ2v) is 5.04. The molecule has 1 heterocycles. The summed E-state index contributed by atoms with van der Waals surface area (Å²) in [6.07, 6.45) is 9.10. The van der Waals surface area contributed by atoms with Gasteiger partial charge in [0, 0.05) is 17.7 Å². The van der Waals surface area contributed by atoms with Crippen molar-refractivity contribution in [2.24, 2.45) is 0 Å². The molecule has 0 saturated carbocycles. The molecule has 1 aromatic heterocycles. The Morgan fingerprint density at radius 1 is 1.00 bits per heavy atom. The maximum Gasteiger partial charge on any atom is 0.0636 e. The van der Waals surface area contributed by atoms with Crippen LogP contribution in [0.15, 0.2) is 12.4 Å². The van der Waals surface area contributed by atoms with Crippen LogP contribution in [0.3, 0.4) is 0 Å². The van der Waals surface area contributed by atoms with Crippen LogP contribution in [0.4, 0.5) is 0 Å².